The Morgan fingerprint density at radius 2 is 2.07 bits per heavy atom. The summed E-state index contributed by atoms with van der Waals surface area (Å²) >= 11 is 7.20. The standard InChI is InChI=1S/C18H23FN4O2S2/c19-14-3-1-4-15(16(14)21-7-9-27-10-8-21)23-12-13(25-18(23)24)11-20-17(26)22-5-2-6-22/h1,3-4,13H,2,5-12H2,(H,20,26)/t13-/m0/s1. The number of nitrogens with zero attached hydrogens (tertiary/aromatic N) is 3. The van der Waals surface area contributed by atoms with Gasteiger partial charge >= 0.3 is 6.09 Å². The zero-order valence-electron chi connectivity index (χ0n) is 15.0. The van der Waals surface area contributed by atoms with Crippen LogP contribution in [0, 0.1) is 5.82 Å². The summed E-state index contributed by atoms with van der Waals surface area (Å²) in [5, 5.41) is 3.88. The summed E-state index contributed by atoms with van der Waals surface area (Å²) in [6.45, 7) is 4.34. The van der Waals surface area contributed by atoms with Crippen molar-refractivity contribution in [3.05, 3.63) is 24.0 Å². The SMILES string of the molecule is O=C1O[C@@H](CNC(=S)N2CCC2)CN1c1cccc(F)c1N1CCSCC1. The fourth-order valence-electron chi connectivity index (χ4n) is 3.48. The van der Waals surface area contributed by atoms with Gasteiger partial charge in [0.1, 0.15) is 11.9 Å². The summed E-state index contributed by atoms with van der Waals surface area (Å²) in [4.78, 5) is 18.1. The van der Waals surface area contributed by atoms with E-state index in [4.69, 9.17) is 17.0 Å². The van der Waals surface area contributed by atoms with Gasteiger partial charge in [0.15, 0.2) is 5.11 Å². The molecule has 1 N–H and O–H groups in total. The highest BCUT2D eigenvalue weighted by Gasteiger charge is 2.35. The number of halogens is 1. The maximum Gasteiger partial charge on any atom is 0.414 e. The Hall–Kier alpha value is -1.74. The van der Waals surface area contributed by atoms with E-state index in [-0.39, 0.29) is 11.9 Å². The van der Waals surface area contributed by atoms with E-state index in [2.05, 4.69) is 10.2 Å². The van der Waals surface area contributed by atoms with Crippen LogP contribution in [0.4, 0.5) is 20.6 Å². The molecular formula is C18H23FN4O2S2. The number of amides is 1. The lowest BCUT2D eigenvalue weighted by Crippen LogP contribution is -2.49. The Morgan fingerprint density at radius 3 is 2.78 bits per heavy atom. The second kappa shape index (κ2) is 8.10. The molecule has 146 valence electrons. The Kier molecular flexibility index (Phi) is 5.58. The minimum Gasteiger partial charge on any atom is -0.442 e. The Labute approximate surface area is 168 Å². The lowest BCUT2D eigenvalue weighted by molar-refractivity contribution is 0.142. The highest BCUT2D eigenvalue weighted by molar-refractivity contribution is 7.99. The third-order valence-corrected chi connectivity index (χ3v) is 6.43. The van der Waals surface area contributed by atoms with Gasteiger partial charge in [-0.05, 0) is 30.8 Å². The first kappa shape index (κ1) is 18.6. The number of nitrogens with one attached hydrogen (secondary N) is 1. The number of carbonyl (C=O) groups is 1. The molecule has 0 saturated carbocycles. The van der Waals surface area contributed by atoms with Gasteiger partial charge in [0.25, 0.3) is 0 Å². The number of ether oxygens (including phenoxy) is 1. The molecule has 3 fully saturated rings. The molecule has 0 unspecified atom stereocenters. The first-order valence-corrected chi connectivity index (χ1v) is 10.8. The largest absolute Gasteiger partial charge is 0.442 e. The molecule has 6 nitrogen and oxygen atoms in total. The van der Waals surface area contributed by atoms with Crippen LogP contribution in [0.15, 0.2) is 18.2 Å². The summed E-state index contributed by atoms with van der Waals surface area (Å²) < 4.78 is 20.1. The van der Waals surface area contributed by atoms with E-state index in [1.807, 2.05) is 16.7 Å². The van der Waals surface area contributed by atoms with Gasteiger partial charge < -0.3 is 19.9 Å². The molecule has 9 heteroatoms. The molecule has 1 aromatic carbocycles. The van der Waals surface area contributed by atoms with Gasteiger partial charge in [0, 0.05) is 37.7 Å². The average Bonchev–Trinajstić information content (AvgIpc) is 2.99. The maximum atomic E-state index is 14.6. The summed E-state index contributed by atoms with van der Waals surface area (Å²) in [5.41, 5.74) is 1.08. The quantitative estimate of drug-likeness (QED) is 0.764. The molecule has 0 bridgehead atoms. The predicted octanol–water partition coefficient (Wildman–Crippen LogP) is 2.28. The predicted molar refractivity (Wildman–Crippen MR) is 110 cm³/mol. The lowest BCUT2D eigenvalue weighted by Gasteiger charge is -2.33. The van der Waals surface area contributed by atoms with E-state index in [1.165, 1.54) is 6.07 Å². The molecule has 1 atom stereocenters. The Morgan fingerprint density at radius 1 is 1.30 bits per heavy atom. The minimum atomic E-state index is -0.435. The van der Waals surface area contributed by atoms with Crippen LogP contribution >= 0.6 is 24.0 Å². The highest BCUT2D eigenvalue weighted by Crippen LogP contribution is 2.35. The molecule has 4 rings (SSSR count). The van der Waals surface area contributed by atoms with Gasteiger partial charge in [-0.2, -0.15) is 11.8 Å². The smallest absolute Gasteiger partial charge is 0.414 e. The number of likely N-dealkylation sites (tertiary alicyclic amines) is 1. The molecule has 0 aliphatic carbocycles. The average molecular weight is 411 g/mol. The van der Waals surface area contributed by atoms with E-state index >= 15 is 0 Å². The van der Waals surface area contributed by atoms with Crippen molar-refractivity contribution < 1.29 is 13.9 Å². The van der Waals surface area contributed by atoms with Gasteiger partial charge in [0.2, 0.25) is 0 Å². The second-order valence-corrected chi connectivity index (χ2v) is 8.46. The van der Waals surface area contributed by atoms with Crippen molar-refractivity contribution in [2.75, 3.05) is 60.6 Å². The van der Waals surface area contributed by atoms with Crippen LogP contribution in [0.25, 0.3) is 0 Å². The highest BCUT2D eigenvalue weighted by atomic mass is 32.2. The van der Waals surface area contributed by atoms with Crippen molar-refractivity contribution in [1.29, 1.82) is 0 Å². The fraction of sp³-hybridized carbons (Fsp3) is 0.556. The number of anilines is 2. The van der Waals surface area contributed by atoms with Crippen LogP contribution in [0.5, 0.6) is 0 Å². The first-order chi connectivity index (χ1) is 13.1. The van der Waals surface area contributed by atoms with Crippen molar-refractivity contribution in [1.82, 2.24) is 10.2 Å². The van der Waals surface area contributed by atoms with Gasteiger partial charge in [-0.3, -0.25) is 4.90 Å². The number of thioether (sulfide) groups is 1. The van der Waals surface area contributed by atoms with Gasteiger partial charge in [0.05, 0.1) is 24.5 Å². The normalized spacial score (nSPS) is 22.5. The summed E-state index contributed by atoms with van der Waals surface area (Å²) in [5.74, 6) is 1.62. The van der Waals surface area contributed by atoms with Gasteiger partial charge in [-0.15, -0.1) is 0 Å². The van der Waals surface area contributed by atoms with Crippen LogP contribution in [-0.2, 0) is 4.74 Å². The number of cyclic esters (lactones) is 1. The van der Waals surface area contributed by atoms with Crippen molar-refractivity contribution in [2.45, 2.75) is 12.5 Å². The van der Waals surface area contributed by atoms with Crippen molar-refractivity contribution in [2.24, 2.45) is 0 Å². The molecular weight excluding hydrogens is 387 g/mol. The first-order valence-electron chi connectivity index (χ1n) is 9.25. The summed E-state index contributed by atoms with van der Waals surface area (Å²) in [6, 6.07) is 4.89. The molecule has 0 spiro atoms. The fourth-order valence-corrected chi connectivity index (χ4v) is 4.65. The molecule has 3 aliphatic rings. The monoisotopic (exact) mass is 410 g/mol. The molecule has 3 aliphatic heterocycles. The zero-order valence-corrected chi connectivity index (χ0v) is 16.7. The van der Waals surface area contributed by atoms with Crippen LogP contribution in [0.3, 0.4) is 0 Å². The van der Waals surface area contributed by atoms with E-state index in [0.29, 0.717) is 29.6 Å². The van der Waals surface area contributed by atoms with Gasteiger partial charge in [-0.1, -0.05) is 6.07 Å². The number of hydrogen-bond acceptors (Lipinski definition) is 5. The third-order valence-electron chi connectivity index (χ3n) is 5.08. The van der Waals surface area contributed by atoms with Crippen molar-refractivity contribution in [3.63, 3.8) is 0 Å². The summed E-state index contributed by atoms with van der Waals surface area (Å²) in [6.07, 6.45) is 0.408. The zero-order chi connectivity index (χ0) is 18.8. The van der Waals surface area contributed by atoms with Gasteiger partial charge in [-0.25, -0.2) is 9.18 Å². The van der Waals surface area contributed by atoms with Crippen LogP contribution < -0.4 is 15.1 Å². The number of hydrogen-bond donors (Lipinski definition) is 1. The summed E-state index contributed by atoms with van der Waals surface area (Å²) in [7, 11) is 0. The molecule has 0 aromatic heterocycles. The van der Waals surface area contributed by atoms with Crippen molar-refractivity contribution >= 4 is 46.6 Å². The van der Waals surface area contributed by atoms with Crippen LogP contribution in [-0.4, -0.2) is 73.0 Å². The molecule has 3 heterocycles. The van der Waals surface area contributed by atoms with E-state index in [0.717, 1.165) is 44.1 Å². The molecule has 1 amide bonds. The van der Waals surface area contributed by atoms with E-state index < -0.39 is 6.09 Å². The number of rotatable bonds is 4. The van der Waals surface area contributed by atoms with Crippen LogP contribution in [0.2, 0.25) is 0 Å². The number of carbonyl (C=O) groups excluding carboxylic acids is 1. The topological polar surface area (TPSA) is 48.1 Å². The van der Waals surface area contributed by atoms with Crippen LogP contribution in [0.1, 0.15) is 6.42 Å². The lowest BCUT2D eigenvalue weighted by atomic mass is 10.2. The minimum absolute atomic E-state index is 0.298. The van der Waals surface area contributed by atoms with Crippen molar-refractivity contribution in [3.8, 4) is 0 Å². The number of para-hydroxylation sites is 1. The molecule has 1 aromatic rings. The molecule has 0 radical (unpaired) electrons. The number of benzene rings is 1. The Balaban J connectivity index is 1.46. The second-order valence-electron chi connectivity index (χ2n) is 6.85. The number of thiocarbonyl (C=S) groups is 1. The molecule has 3 saturated heterocycles. The van der Waals surface area contributed by atoms with E-state index in [9.17, 15) is 9.18 Å². The van der Waals surface area contributed by atoms with E-state index in [1.54, 1.807) is 17.0 Å². The Bertz CT molecular complexity index is 725. The maximum absolute atomic E-state index is 14.6. The third kappa shape index (κ3) is 3.94. The molecule has 27 heavy (non-hydrogen) atoms.